The highest BCUT2D eigenvalue weighted by atomic mass is 32.2. The number of hydrogen-bond acceptors (Lipinski definition) is 5. The lowest BCUT2D eigenvalue weighted by molar-refractivity contribution is -0.130. The minimum atomic E-state index is -0.831. The summed E-state index contributed by atoms with van der Waals surface area (Å²) in [4.78, 5) is 18.0. The molecule has 1 amide bonds. The molecule has 0 aliphatic carbocycles. The SMILES string of the molecule is CCc1ccc(-c2nc(SCC(=O)N(C)C(C)(C)C#N)n[nH]2)cc1. The number of amides is 1. The van der Waals surface area contributed by atoms with E-state index in [0.29, 0.717) is 11.0 Å². The summed E-state index contributed by atoms with van der Waals surface area (Å²) in [6, 6.07) is 10.2. The van der Waals surface area contributed by atoms with Gasteiger partial charge < -0.3 is 4.90 Å². The number of benzene rings is 1. The third-order valence-electron chi connectivity index (χ3n) is 3.91. The number of nitrogens with zero attached hydrogens (tertiary/aromatic N) is 4. The van der Waals surface area contributed by atoms with Gasteiger partial charge in [-0.15, -0.1) is 5.10 Å². The first kappa shape index (κ1) is 18.0. The zero-order chi connectivity index (χ0) is 17.7. The van der Waals surface area contributed by atoms with Gasteiger partial charge in [0.1, 0.15) is 5.54 Å². The number of aromatic nitrogens is 3. The molecule has 0 spiro atoms. The van der Waals surface area contributed by atoms with Crippen molar-refractivity contribution in [2.75, 3.05) is 12.8 Å². The third kappa shape index (κ3) is 4.15. The lowest BCUT2D eigenvalue weighted by Gasteiger charge is -2.28. The van der Waals surface area contributed by atoms with E-state index >= 15 is 0 Å². The van der Waals surface area contributed by atoms with Crippen LogP contribution >= 0.6 is 11.8 Å². The van der Waals surface area contributed by atoms with Crippen LogP contribution in [0.1, 0.15) is 26.3 Å². The van der Waals surface area contributed by atoms with Crippen molar-refractivity contribution in [3.8, 4) is 17.5 Å². The van der Waals surface area contributed by atoms with Crippen molar-refractivity contribution in [1.82, 2.24) is 20.1 Å². The van der Waals surface area contributed by atoms with Crippen LogP contribution in [-0.4, -0.2) is 44.3 Å². The first-order valence-electron chi connectivity index (χ1n) is 7.69. The van der Waals surface area contributed by atoms with E-state index in [1.54, 1.807) is 20.9 Å². The van der Waals surface area contributed by atoms with Gasteiger partial charge >= 0.3 is 0 Å². The van der Waals surface area contributed by atoms with E-state index in [1.807, 2.05) is 12.1 Å². The smallest absolute Gasteiger partial charge is 0.234 e. The summed E-state index contributed by atoms with van der Waals surface area (Å²) in [6.07, 6.45) is 0.993. The normalized spacial score (nSPS) is 11.1. The Kier molecular flexibility index (Phi) is 5.62. The molecule has 7 heteroatoms. The van der Waals surface area contributed by atoms with Crippen molar-refractivity contribution in [2.45, 2.75) is 37.9 Å². The Morgan fingerprint density at radius 2 is 2.04 bits per heavy atom. The zero-order valence-electron chi connectivity index (χ0n) is 14.3. The van der Waals surface area contributed by atoms with Crippen LogP contribution in [0, 0.1) is 11.3 Å². The number of aromatic amines is 1. The second-order valence-corrected chi connectivity index (χ2v) is 6.87. The topological polar surface area (TPSA) is 85.7 Å². The van der Waals surface area contributed by atoms with Gasteiger partial charge in [-0.25, -0.2) is 4.98 Å². The van der Waals surface area contributed by atoms with E-state index in [9.17, 15) is 4.79 Å². The minimum absolute atomic E-state index is 0.134. The number of nitriles is 1. The molecular weight excluding hydrogens is 322 g/mol. The van der Waals surface area contributed by atoms with Gasteiger partial charge in [0.05, 0.1) is 11.8 Å². The van der Waals surface area contributed by atoms with Gasteiger partial charge in [-0.3, -0.25) is 9.89 Å². The van der Waals surface area contributed by atoms with E-state index in [4.69, 9.17) is 5.26 Å². The van der Waals surface area contributed by atoms with Crippen molar-refractivity contribution >= 4 is 17.7 Å². The fourth-order valence-corrected chi connectivity index (χ4v) is 2.66. The Morgan fingerprint density at radius 1 is 1.38 bits per heavy atom. The molecule has 126 valence electrons. The molecule has 0 bridgehead atoms. The Morgan fingerprint density at radius 3 is 2.62 bits per heavy atom. The lowest BCUT2D eigenvalue weighted by atomic mass is 10.1. The molecule has 0 fully saturated rings. The van der Waals surface area contributed by atoms with Crippen LogP contribution in [0.2, 0.25) is 0 Å². The highest BCUT2D eigenvalue weighted by molar-refractivity contribution is 7.99. The molecule has 2 aromatic rings. The molecule has 0 aliphatic rings. The number of aryl methyl sites for hydroxylation is 1. The molecule has 0 unspecified atom stereocenters. The number of nitrogens with one attached hydrogen (secondary N) is 1. The second-order valence-electron chi connectivity index (χ2n) is 5.93. The van der Waals surface area contributed by atoms with E-state index in [2.05, 4.69) is 40.3 Å². The van der Waals surface area contributed by atoms with Crippen LogP contribution in [0.4, 0.5) is 0 Å². The Hall–Kier alpha value is -2.33. The highest BCUT2D eigenvalue weighted by Gasteiger charge is 2.27. The van der Waals surface area contributed by atoms with Crippen molar-refractivity contribution in [3.63, 3.8) is 0 Å². The van der Waals surface area contributed by atoms with E-state index < -0.39 is 5.54 Å². The van der Waals surface area contributed by atoms with Gasteiger partial charge in [-0.05, 0) is 25.8 Å². The van der Waals surface area contributed by atoms with Crippen molar-refractivity contribution in [3.05, 3.63) is 29.8 Å². The predicted octanol–water partition coefficient (Wildman–Crippen LogP) is 2.89. The van der Waals surface area contributed by atoms with Crippen molar-refractivity contribution in [1.29, 1.82) is 5.26 Å². The molecule has 1 aromatic carbocycles. The molecular formula is C17H21N5OS. The number of H-pyrrole nitrogens is 1. The van der Waals surface area contributed by atoms with E-state index in [-0.39, 0.29) is 11.7 Å². The number of rotatable bonds is 6. The Balaban J connectivity index is 1.99. The van der Waals surface area contributed by atoms with Gasteiger partial charge in [-0.1, -0.05) is 43.0 Å². The van der Waals surface area contributed by atoms with Crippen LogP contribution in [-0.2, 0) is 11.2 Å². The van der Waals surface area contributed by atoms with Crippen LogP contribution in [0.25, 0.3) is 11.4 Å². The van der Waals surface area contributed by atoms with Gasteiger partial charge in [0, 0.05) is 12.6 Å². The lowest BCUT2D eigenvalue weighted by Crippen LogP contribution is -2.44. The van der Waals surface area contributed by atoms with Gasteiger partial charge in [0.25, 0.3) is 0 Å². The molecule has 0 saturated carbocycles. The molecule has 1 aromatic heterocycles. The van der Waals surface area contributed by atoms with Crippen LogP contribution in [0.15, 0.2) is 29.4 Å². The molecule has 0 aliphatic heterocycles. The molecule has 0 atom stereocenters. The summed E-state index contributed by atoms with van der Waals surface area (Å²) in [6.45, 7) is 5.53. The second kappa shape index (κ2) is 7.49. The average molecular weight is 343 g/mol. The maximum absolute atomic E-state index is 12.2. The molecule has 0 saturated heterocycles. The maximum atomic E-state index is 12.2. The predicted molar refractivity (Wildman–Crippen MR) is 94.4 cm³/mol. The van der Waals surface area contributed by atoms with Crippen LogP contribution < -0.4 is 0 Å². The first-order valence-corrected chi connectivity index (χ1v) is 8.68. The van der Waals surface area contributed by atoms with Crippen LogP contribution in [0.3, 0.4) is 0 Å². The number of hydrogen-bond donors (Lipinski definition) is 1. The minimum Gasteiger partial charge on any atom is -0.327 e. The molecule has 24 heavy (non-hydrogen) atoms. The highest BCUT2D eigenvalue weighted by Crippen LogP contribution is 2.21. The molecule has 1 heterocycles. The molecule has 1 N–H and O–H groups in total. The largest absolute Gasteiger partial charge is 0.327 e. The Bertz CT molecular complexity index is 745. The summed E-state index contributed by atoms with van der Waals surface area (Å²) < 4.78 is 0. The summed E-state index contributed by atoms with van der Waals surface area (Å²) in [5.41, 5.74) is 1.39. The first-order chi connectivity index (χ1) is 11.4. The van der Waals surface area contributed by atoms with Crippen molar-refractivity contribution < 1.29 is 4.79 Å². The third-order valence-corrected chi connectivity index (χ3v) is 4.74. The summed E-state index contributed by atoms with van der Waals surface area (Å²) >= 11 is 1.25. The number of carbonyl (C=O) groups excluding carboxylic acids is 1. The standard InChI is InChI=1S/C17H21N5OS/c1-5-12-6-8-13(9-7-12)15-19-16(21-20-15)24-10-14(23)22(4)17(2,3)11-18/h6-9H,5,10H2,1-4H3,(H,19,20,21). The fourth-order valence-electron chi connectivity index (χ4n) is 1.95. The van der Waals surface area contributed by atoms with Gasteiger partial charge in [0.2, 0.25) is 11.1 Å². The summed E-state index contributed by atoms with van der Waals surface area (Å²) in [5.74, 6) is 0.733. The van der Waals surface area contributed by atoms with Crippen molar-refractivity contribution in [2.24, 2.45) is 0 Å². The maximum Gasteiger partial charge on any atom is 0.234 e. The Labute approximate surface area is 146 Å². The van der Waals surface area contributed by atoms with Gasteiger partial charge in [-0.2, -0.15) is 5.26 Å². The van der Waals surface area contributed by atoms with Gasteiger partial charge in [0.15, 0.2) is 5.82 Å². The van der Waals surface area contributed by atoms with E-state index in [1.165, 1.54) is 22.2 Å². The average Bonchev–Trinajstić information content (AvgIpc) is 3.08. The monoisotopic (exact) mass is 343 g/mol. The molecule has 2 rings (SSSR count). The van der Waals surface area contributed by atoms with Crippen LogP contribution in [0.5, 0.6) is 0 Å². The summed E-state index contributed by atoms with van der Waals surface area (Å²) in [7, 11) is 1.63. The molecule has 0 radical (unpaired) electrons. The number of thioether (sulfide) groups is 1. The molecule has 6 nitrogen and oxygen atoms in total. The number of carbonyl (C=O) groups is 1. The zero-order valence-corrected chi connectivity index (χ0v) is 15.1. The quantitative estimate of drug-likeness (QED) is 0.815. The fraction of sp³-hybridized carbons (Fsp3) is 0.412. The van der Waals surface area contributed by atoms with E-state index in [0.717, 1.165) is 12.0 Å². The summed E-state index contributed by atoms with van der Waals surface area (Å²) in [5, 5.41) is 16.6.